The molecule has 1 amide bonds. The van der Waals surface area contributed by atoms with Gasteiger partial charge in [0.15, 0.2) is 0 Å². The van der Waals surface area contributed by atoms with E-state index in [4.69, 9.17) is 4.98 Å². The fraction of sp³-hybridized carbons (Fsp3) is 0.364. The molecule has 0 aliphatic carbocycles. The predicted octanol–water partition coefficient (Wildman–Crippen LogP) is 3.67. The van der Waals surface area contributed by atoms with E-state index in [-0.39, 0.29) is 5.91 Å². The van der Waals surface area contributed by atoms with Crippen LogP contribution in [0.4, 0.5) is 5.69 Å². The van der Waals surface area contributed by atoms with Crippen LogP contribution in [-0.2, 0) is 11.3 Å². The number of benzene rings is 2. The Morgan fingerprint density at radius 3 is 2.57 bits per heavy atom. The fourth-order valence-electron chi connectivity index (χ4n) is 3.63. The predicted molar refractivity (Wildman–Crippen MR) is 116 cm³/mol. The molecule has 0 spiro atoms. The minimum atomic E-state index is 0.0616. The largest absolute Gasteiger partial charge is 0.325 e. The quantitative estimate of drug-likeness (QED) is 0.717. The van der Waals surface area contributed by atoms with E-state index in [0.29, 0.717) is 6.54 Å². The lowest BCUT2D eigenvalue weighted by Gasteiger charge is -2.33. The summed E-state index contributed by atoms with van der Waals surface area (Å²) >= 11 is 1.78. The molecule has 1 saturated heterocycles. The van der Waals surface area contributed by atoms with Crippen molar-refractivity contribution in [2.75, 3.05) is 38.0 Å². The van der Waals surface area contributed by atoms with Crippen LogP contribution in [0.15, 0.2) is 42.5 Å². The zero-order valence-electron chi connectivity index (χ0n) is 16.4. The van der Waals surface area contributed by atoms with E-state index in [1.165, 1.54) is 15.3 Å². The molecule has 0 unspecified atom stereocenters. The van der Waals surface area contributed by atoms with Crippen molar-refractivity contribution < 1.29 is 4.79 Å². The van der Waals surface area contributed by atoms with Gasteiger partial charge in [-0.3, -0.25) is 14.6 Å². The number of aryl methyl sites for hydroxylation is 2. The number of carbonyl (C=O) groups is 1. The van der Waals surface area contributed by atoms with E-state index >= 15 is 0 Å². The molecule has 6 heteroatoms. The molecule has 0 bridgehead atoms. The second-order valence-electron chi connectivity index (χ2n) is 7.49. The van der Waals surface area contributed by atoms with Gasteiger partial charge in [-0.25, -0.2) is 4.98 Å². The van der Waals surface area contributed by atoms with Gasteiger partial charge in [-0.2, -0.15) is 0 Å². The van der Waals surface area contributed by atoms with Gasteiger partial charge in [0, 0.05) is 31.9 Å². The first-order valence-electron chi connectivity index (χ1n) is 9.73. The molecule has 28 heavy (non-hydrogen) atoms. The van der Waals surface area contributed by atoms with Gasteiger partial charge in [0.2, 0.25) is 5.91 Å². The van der Waals surface area contributed by atoms with Gasteiger partial charge in [-0.15, -0.1) is 11.3 Å². The Morgan fingerprint density at radius 2 is 1.82 bits per heavy atom. The van der Waals surface area contributed by atoms with Gasteiger partial charge in [0.1, 0.15) is 5.01 Å². The number of aromatic nitrogens is 1. The summed E-state index contributed by atoms with van der Waals surface area (Å²) in [6.45, 7) is 9.18. The monoisotopic (exact) mass is 394 g/mol. The lowest BCUT2D eigenvalue weighted by molar-refractivity contribution is -0.117. The van der Waals surface area contributed by atoms with Crippen LogP contribution >= 0.6 is 11.3 Å². The maximum atomic E-state index is 12.4. The van der Waals surface area contributed by atoms with E-state index in [1.54, 1.807) is 11.3 Å². The highest BCUT2D eigenvalue weighted by molar-refractivity contribution is 7.18. The van der Waals surface area contributed by atoms with Crippen LogP contribution in [0.3, 0.4) is 0 Å². The first-order valence-corrected chi connectivity index (χ1v) is 10.5. The zero-order chi connectivity index (χ0) is 19.5. The number of thiazole rings is 1. The number of amides is 1. The summed E-state index contributed by atoms with van der Waals surface area (Å²) in [6, 6.07) is 14.4. The standard InChI is InChI=1S/C22H26N4OS/c1-16-7-8-18(17(2)13-16)23-21(27)14-25-9-11-26(12-10-25)15-22-24-19-5-3-4-6-20(19)28-22/h3-8,13H,9-12,14-15H2,1-2H3,(H,23,27). The Bertz CT molecular complexity index is 943. The first kappa shape index (κ1) is 19.1. The highest BCUT2D eigenvalue weighted by Crippen LogP contribution is 2.23. The van der Waals surface area contributed by atoms with E-state index in [2.05, 4.69) is 46.3 Å². The number of piperazine rings is 1. The molecule has 3 aromatic rings. The smallest absolute Gasteiger partial charge is 0.238 e. The van der Waals surface area contributed by atoms with Gasteiger partial charge >= 0.3 is 0 Å². The van der Waals surface area contributed by atoms with Crippen molar-refractivity contribution in [2.45, 2.75) is 20.4 Å². The summed E-state index contributed by atoms with van der Waals surface area (Å²) in [5.41, 5.74) is 4.31. The number of para-hydroxylation sites is 1. The third-order valence-electron chi connectivity index (χ3n) is 5.19. The van der Waals surface area contributed by atoms with Crippen molar-refractivity contribution in [2.24, 2.45) is 0 Å². The summed E-state index contributed by atoms with van der Waals surface area (Å²) in [5, 5.41) is 4.22. The van der Waals surface area contributed by atoms with Crippen molar-refractivity contribution in [1.29, 1.82) is 0 Å². The Balaban J connectivity index is 1.26. The molecule has 2 heterocycles. The molecule has 0 saturated carbocycles. The molecule has 1 aliphatic rings. The molecule has 0 radical (unpaired) electrons. The highest BCUT2D eigenvalue weighted by atomic mass is 32.1. The topological polar surface area (TPSA) is 48.5 Å². The summed E-state index contributed by atoms with van der Waals surface area (Å²) in [5.74, 6) is 0.0616. The fourth-order valence-corrected chi connectivity index (χ4v) is 4.64. The van der Waals surface area contributed by atoms with E-state index in [9.17, 15) is 4.79 Å². The summed E-state index contributed by atoms with van der Waals surface area (Å²) < 4.78 is 1.25. The average Bonchev–Trinajstić information content (AvgIpc) is 3.08. The van der Waals surface area contributed by atoms with Crippen LogP contribution in [-0.4, -0.2) is 53.4 Å². The molecule has 146 valence electrons. The normalized spacial score (nSPS) is 15.8. The Labute approximate surface area is 170 Å². The number of hydrogen-bond donors (Lipinski definition) is 1. The van der Waals surface area contributed by atoms with Crippen molar-refractivity contribution >= 4 is 33.1 Å². The van der Waals surface area contributed by atoms with Crippen molar-refractivity contribution in [3.05, 3.63) is 58.6 Å². The van der Waals surface area contributed by atoms with Crippen LogP contribution < -0.4 is 5.32 Å². The van der Waals surface area contributed by atoms with Crippen molar-refractivity contribution in [1.82, 2.24) is 14.8 Å². The molecule has 4 rings (SSSR count). The second-order valence-corrected chi connectivity index (χ2v) is 8.61. The van der Waals surface area contributed by atoms with Crippen LogP contribution in [0.5, 0.6) is 0 Å². The van der Waals surface area contributed by atoms with Gasteiger partial charge in [-0.1, -0.05) is 29.8 Å². The Morgan fingerprint density at radius 1 is 1.07 bits per heavy atom. The third-order valence-corrected chi connectivity index (χ3v) is 6.21. The number of fused-ring (bicyclic) bond motifs is 1. The van der Waals surface area contributed by atoms with E-state index < -0.39 is 0 Å². The Hall–Kier alpha value is -2.28. The molecule has 1 aliphatic heterocycles. The highest BCUT2D eigenvalue weighted by Gasteiger charge is 2.20. The number of hydrogen-bond acceptors (Lipinski definition) is 5. The second kappa shape index (κ2) is 8.39. The minimum Gasteiger partial charge on any atom is -0.325 e. The summed E-state index contributed by atoms with van der Waals surface area (Å²) in [6.07, 6.45) is 0. The third kappa shape index (κ3) is 4.58. The molecular formula is C22H26N4OS. The zero-order valence-corrected chi connectivity index (χ0v) is 17.3. The average molecular weight is 395 g/mol. The van der Waals surface area contributed by atoms with Crippen LogP contribution in [0, 0.1) is 13.8 Å². The summed E-state index contributed by atoms with van der Waals surface area (Å²) in [7, 11) is 0. The van der Waals surface area contributed by atoms with Gasteiger partial charge in [-0.05, 0) is 37.6 Å². The maximum absolute atomic E-state index is 12.4. The molecule has 1 aromatic heterocycles. The van der Waals surface area contributed by atoms with Crippen LogP contribution in [0.1, 0.15) is 16.1 Å². The Kier molecular flexibility index (Phi) is 5.71. The SMILES string of the molecule is Cc1ccc(NC(=O)CN2CCN(Cc3nc4ccccc4s3)CC2)c(C)c1. The number of rotatable bonds is 5. The molecule has 2 aromatic carbocycles. The lowest BCUT2D eigenvalue weighted by Crippen LogP contribution is -2.48. The van der Waals surface area contributed by atoms with E-state index in [1.807, 2.05) is 25.1 Å². The minimum absolute atomic E-state index is 0.0616. The van der Waals surface area contributed by atoms with Crippen LogP contribution in [0.2, 0.25) is 0 Å². The first-order chi connectivity index (χ1) is 13.6. The number of carbonyl (C=O) groups excluding carboxylic acids is 1. The number of anilines is 1. The van der Waals surface area contributed by atoms with Crippen molar-refractivity contribution in [3.8, 4) is 0 Å². The van der Waals surface area contributed by atoms with Crippen LogP contribution in [0.25, 0.3) is 10.2 Å². The van der Waals surface area contributed by atoms with Gasteiger partial charge in [0.05, 0.1) is 23.3 Å². The maximum Gasteiger partial charge on any atom is 0.238 e. The van der Waals surface area contributed by atoms with Crippen molar-refractivity contribution in [3.63, 3.8) is 0 Å². The van der Waals surface area contributed by atoms with Gasteiger partial charge in [0.25, 0.3) is 0 Å². The lowest BCUT2D eigenvalue weighted by atomic mass is 10.1. The number of nitrogens with zero attached hydrogens (tertiary/aromatic N) is 3. The molecule has 1 fully saturated rings. The molecular weight excluding hydrogens is 368 g/mol. The summed E-state index contributed by atoms with van der Waals surface area (Å²) in [4.78, 5) is 21.8. The van der Waals surface area contributed by atoms with Gasteiger partial charge < -0.3 is 5.32 Å². The molecule has 0 atom stereocenters. The molecule has 5 nitrogen and oxygen atoms in total. The number of nitrogens with one attached hydrogen (secondary N) is 1. The molecule has 1 N–H and O–H groups in total. The van der Waals surface area contributed by atoms with E-state index in [0.717, 1.165) is 49.5 Å².